The van der Waals surface area contributed by atoms with Crippen LogP contribution in [-0.4, -0.2) is 49.6 Å². The number of hydrogen-bond acceptors (Lipinski definition) is 4. The highest BCUT2D eigenvalue weighted by Gasteiger charge is 2.30. The number of rotatable bonds is 3. The molecular weight excluding hydrogens is 278 g/mol. The molecule has 0 spiro atoms. The number of pyridine rings is 1. The summed E-state index contributed by atoms with van der Waals surface area (Å²) in [5.41, 5.74) is 1.08. The van der Waals surface area contributed by atoms with E-state index < -0.39 is 0 Å². The predicted molar refractivity (Wildman–Crippen MR) is 78.4 cm³/mol. The molecule has 0 bridgehead atoms. The zero-order chi connectivity index (χ0) is 13.9. The van der Waals surface area contributed by atoms with Gasteiger partial charge in [0, 0.05) is 31.9 Å². The summed E-state index contributed by atoms with van der Waals surface area (Å²) in [6, 6.07) is 3.94. The van der Waals surface area contributed by atoms with Gasteiger partial charge in [-0.3, -0.25) is 9.69 Å². The lowest BCUT2D eigenvalue weighted by Crippen LogP contribution is -2.36. The molecule has 1 atom stereocenters. The Kier molecular flexibility index (Phi) is 4.08. The fourth-order valence-corrected chi connectivity index (χ4v) is 2.86. The van der Waals surface area contributed by atoms with Gasteiger partial charge < -0.3 is 9.64 Å². The molecule has 1 aromatic heterocycles. The largest absolute Gasteiger partial charge is 0.378 e. The Labute approximate surface area is 123 Å². The third kappa shape index (κ3) is 2.74. The number of amides is 1. The number of nitrogens with zero attached hydrogens (tertiary/aromatic N) is 3. The van der Waals surface area contributed by atoms with Crippen molar-refractivity contribution in [3.8, 4) is 0 Å². The Morgan fingerprint density at radius 1 is 1.35 bits per heavy atom. The van der Waals surface area contributed by atoms with Gasteiger partial charge in [-0.25, -0.2) is 4.98 Å². The van der Waals surface area contributed by atoms with Crippen LogP contribution in [0.15, 0.2) is 18.3 Å². The molecule has 1 amide bonds. The lowest BCUT2D eigenvalue weighted by Gasteiger charge is -2.28. The normalized spacial score (nSPS) is 23.4. The van der Waals surface area contributed by atoms with Crippen LogP contribution < -0.4 is 9.80 Å². The Hall–Kier alpha value is -1.33. The Balaban J connectivity index is 1.71. The van der Waals surface area contributed by atoms with Crippen LogP contribution in [-0.2, 0) is 9.53 Å². The summed E-state index contributed by atoms with van der Waals surface area (Å²) in [6.45, 7) is 3.95. The van der Waals surface area contributed by atoms with E-state index in [1.807, 2.05) is 18.3 Å². The van der Waals surface area contributed by atoms with Crippen LogP contribution in [0.1, 0.15) is 6.42 Å². The number of hydrogen-bond donors (Lipinski definition) is 0. The molecule has 20 heavy (non-hydrogen) atoms. The summed E-state index contributed by atoms with van der Waals surface area (Å²) in [5.74, 6) is 1.60. The van der Waals surface area contributed by atoms with Gasteiger partial charge in [0.25, 0.3) is 0 Å². The standard InChI is InChI=1S/C14H18ClN3O2/c15-8-11-7-14(19)18(10-11)13-2-1-12(9-16-13)17-3-5-20-6-4-17/h1-2,9,11H,3-8,10H2. The van der Waals surface area contributed by atoms with Crippen molar-refractivity contribution in [2.75, 3.05) is 48.5 Å². The summed E-state index contributed by atoms with van der Waals surface area (Å²) < 4.78 is 5.34. The molecular formula is C14H18ClN3O2. The van der Waals surface area contributed by atoms with E-state index in [1.165, 1.54) is 0 Å². The van der Waals surface area contributed by atoms with Gasteiger partial charge in [0.05, 0.1) is 25.1 Å². The maximum absolute atomic E-state index is 11.9. The highest BCUT2D eigenvalue weighted by molar-refractivity contribution is 6.18. The highest BCUT2D eigenvalue weighted by Crippen LogP contribution is 2.25. The minimum Gasteiger partial charge on any atom is -0.378 e. The number of anilines is 2. The van der Waals surface area contributed by atoms with Crippen molar-refractivity contribution in [1.29, 1.82) is 0 Å². The molecule has 108 valence electrons. The third-order valence-electron chi connectivity index (χ3n) is 3.81. The van der Waals surface area contributed by atoms with Crippen LogP contribution in [0.5, 0.6) is 0 Å². The molecule has 2 aliphatic heterocycles. The molecule has 2 aliphatic rings. The van der Waals surface area contributed by atoms with Gasteiger partial charge in [-0.2, -0.15) is 0 Å². The molecule has 3 heterocycles. The van der Waals surface area contributed by atoms with Crippen LogP contribution in [0.4, 0.5) is 11.5 Å². The van der Waals surface area contributed by atoms with Crippen molar-refractivity contribution in [1.82, 2.24) is 4.98 Å². The van der Waals surface area contributed by atoms with E-state index in [2.05, 4.69) is 9.88 Å². The second-order valence-corrected chi connectivity index (χ2v) is 5.51. The fraction of sp³-hybridized carbons (Fsp3) is 0.571. The zero-order valence-electron chi connectivity index (χ0n) is 11.3. The summed E-state index contributed by atoms with van der Waals surface area (Å²) in [6.07, 6.45) is 2.36. The molecule has 2 fully saturated rings. The lowest BCUT2D eigenvalue weighted by molar-refractivity contribution is -0.117. The first-order valence-electron chi connectivity index (χ1n) is 6.93. The average molecular weight is 296 g/mol. The van der Waals surface area contributed by atoms with E-state index in [4.69, 9.17) is 16.3 Å². The molecule has 0 aromatic carbocycles. The number of alkyl halides is 1. The second-order valence-electron chi connectivity index (χ2n) is 5.20. The van der Waals surface area contributed by atoms with Gasteiger partial charge in [0.1, 0.15) is 5.82 Å². The van der Waals surface area contributed by atoms with Crippen molar-refractivity contribution in [2.24, 2.45) is 5.92 Å². The number of morpholine rings is 1. The molecule has 2 saturated heterocycles. The van der Waals surface area contributed by atoms with Gasteiger partial charge >= 0.3 is 0 Å². The molecule has 0 radical (unpaired) electrons. The predicted octanol–water partition coefficient (Wildman–Crippen LogP) is 1.51. The van der Waals surface area contributed by atoms with Gasteiger partial charge in [-0.15, -0.1) is 11.6 Å². The Bertz CT molecular complexity index is 474. The SMILES string of the molecule is O=C1CC(CCl)CN1c1ccc(N2CCOCC2)cn1. The van der Waals surface area contributed by atoms with E-state index in [9.17, 15) is 4.79 Å². The number of carbonyl (C=O) groups excluding carboxylic acids is 1. The molecule has 3 rings (SSSR count). The Morgan fingerprint density at radius 2 is 2.15 bits per heavy atom. The molecule has 0 aliphatic carbocycles. The second kappa shape index (κ2) is 5.97. The molecule has 5 nitrogen and oxygen atoms in total. The monoisotopic (exact) mass is 295 g/mol. The van der Waals surface area contributed by atoms with E-state index >= 15 is 0 Å². The van der Waals surface area contributed by atoms with Gasteiger partial charge in [-0.1, -0.05) is 0 Å². The van der Waals surface area contributed by atoms with Crippen LogP contribution in [0.25, 0.3) is 0 Å². The van der Waals surface area contributed by atoms with Crippen LogP contribution >= 0.6 is 11.6 Å². The third-order valence-corrected chi connectivity index (χ3v) is 4.24. The van der Waals surface area contributed by atoms with E-state index in [0.717, 1.165) is 37.8 Å². The Morgan fingerprint density at radius 3 is 2.75 bits per heavy atom. The maximum Gasteiger partial charge on any atom is 0.228 e. The summed E-state index contributed by atoms with van der Waals surface area (Å²) in [7, 11) is 0. The first kappa shape index (κ1) is 13.6. The summed E-state index contributed by atoms with van der Waals surface area (Å²) >= 11 is 5.83. The smallest absolute Gasteiger partial charge is 0.228 e. The first-order chi connectivity index (χ1) is 9.78. The van der Waals surface area contributed by atoms with Crippen LogP contribution in [0.3, 0.4) is 0 Å². The molecule has 0 N–H and O–H groups in total. The molecule has 1 unspecified atom stereocenters. The van der Waals surface area contributed by atoms with Crippen molar-refractivity contribution in [3.05, 3.63) is 18.3 Å². The van der Waals surface area contributed by atoms with Crippen molar-refractivity contribution >= 4 is 29.0 Å². The first-order valence-corrected chi connectivity index (χ1v) is 7.46. The number of halogens is 1. The van der Waals surface area contributed by atoms with Crippen molar-refractivity contribution in [2.45, 2.75) is 6.42 Å². The highest BCUT2D eigenvalue weighted by atomic mass is 35.5. The van der Waals surface area contributed by atoms with Gasteiger partial charge in [-0.05, 0) is 18.1 Å². The zero-order valence-corrected chi connectivity index (χ0v) is 12.1. The number of aromatic nitrogens is 1. The quantitative estimate of drug-likeness (QED) is 0.793. The minimum atomic E-state index is 0.113. The van der Waals surface area contributed by atoms with Crippen LogP contribution in [0.2, 0.25) is 0 Å². The van der Waals surface area contributed by atoms with E-state index in [1.54, 1.807) is 4.90 Å². The molecule has 0 saturated carbocycles. The van der Waals surface area contributed by atoms with Crippen LogP contribution in [0, 0.1) is 5.92 Å². The molecule has 6 heteroatoms. The fourth-order valence-electron chi connectivity index (χ4n) is 2.65. The summed E-state index contributed by atoms with van der Waals surface area (Å²) in [4.78, 5) is 20.3. The molecule has 1 aromatic rings. The summed E-state index contributed by atoms with van der Waals surface area (Å²) in [5, 5.41) is 0. The lowest BCUT2D eigenvalue weighted by atomic mass is 10.1. The minimum absolute atomic E-state index is 0.113. The van der Waals surface area contributed by atoms with Gasteiger partial charge in [0.2, 0.25) is 5.91 Å². The number of ether oxygens (including phenoxy) is 1. The van der Waals surface area contributed by atoms with E-state index in [0.29, 0.717) is 18.8 Å². The number of carbonyl (C=O) groups is 1. The van der Waals surface area contributed by atoms with Crippen molar-refractivity contribution in [3.63, 3.8) is 0 Å². The average Bonchev–Trinajstić information content (AvgIpc) is 2.89. The maximum atomic E-state index is 11.9. The van der Waals surface area contributed by atoms with Gasteiger partial charge in [0.15, 0.2) is 0 Å². The van der Waals surface area contributed by atoms with E-state index in [-0.39, 0.29) is 11.8 Å². The van der Waals surface area contributed by atoms with Crippen molar-refractivity contribution < 1.29 is 9.53 Å². The topological polar surface area (TPSA) is 45.7 Å².